The predicted octanol–water partition coefficient (Wildman–Crippen LogP) is 3.47. The van der Waals surface area contributed by atoms with Crippen molar-refractivity contribution in [1.82, 2.24) is 0 Å². The monoisotopic (exact) mass is 140 g/mol. The normalized spacial score (nSPS) is 34.8. The lowest BCUT2D eigenvalue weighted by Crippen LogP contribution is -2.22. The van der Waals surface area contributed by atoms with Gasteiger partial charge < -0.3 is 0 Å². The van der Waals surface area contributed by atoms with E-state index in [4.69, 9.17) is 0 Å². The van der Waals surface area contributed by atoms with E-state index in [9.17, 15) is 0 Å². The molecule has 0 aromatic carbocycles. The lowest BCUT2D eigenvalue weighted by molar-refractivity contribution is 0.196. The lowest BCUT2D eigenvalue weighted by atomic mass is 9.75. The Hall–Kier alpha value is 0. The van der Waals surface area contributed by atoms with E-state index in [-0.39, 0.29) is 0 Å². The van der Waals surface area contributed by atoms with Crippen molar-refractivity contribution in [3.05, 3.63) is 0 Å². The maximum Gasteiger partial charge on any atom is -0.0340 e. The second-order valence-corrected chi connectivity index (χ2v) is 4.88. The maximum atomic E-state index is 2.41. The van der Waals surface area contributed by atoms with Crippen LogP contribution in [0.1, 0.15) is 47.0 Å². The molecule has 0 aliphatic heterocycles. The van der Waals surface area contributed by atoms with Crippen LogP contribution in [0.25, 0.3) is 0 Å². The fourth-order valence-electron chi connectivity index (χ4n) is 2.43. The highest BCUT2D eigenvalue weighted by molar-refractivity contribution is 4.83. The van der Waals surface area contributed by atoms with Gasteiger partial charge in [0.05, 0.1) is 0 Å². The number of hydrogen-bond acceptors (Lipinski definition) is 0. The van der Waals surface area contributed by atoms with E-state index in [1.807, 2.05) is 0 Å². The maximum absolute atomic E-state index is 2.41. The first-order valence-electron chi connectivity index (χ1n) is 4.52. The van der Waals surface area contributed by atoms with E-state index >= 15 is 0 Å². The summed E-state index contributed by atoms with van der Waals surface area (Å²) >= 11 is 0. The molecule has 0 heteroatoms. The van der Waals surface area contributed by atoms with Gasteiger partial charge in [0.25, 0.3) is 0 Å². The van der Waals surface area contributed by atoms with E-state index in [1.54, 1.807) is 0 Å². The van der Waals surface area contributed by atoms with Gasteiger partial charge in [0.1, 0.15) is 0 Å². The quantitative estimate of drug-likeness (QED) is 0.483. The van der Waals surface area contributed by atoms with Gasteiger partial charge in [0.2, 0.25) is 0 Å². The second-order valence-electron chi connectivity index (χ2n) is 4.88. The Balaban J connectivity index is 2.55. The minimum atomic E-state index is 0.552. The Morgan fingerprint density at radius 2 is 1.70 bits per heavy atom. The van der Waals surface area contributed by atoms with Gasteiger partial charge in [-0.25, -0.2) is 0 Å². The molecule has 0 bridgehead atoms. The molecule has 2 atom stereocenters. The second kappa shape index (κ2) is 2.56. The summed E-state index contributed by atoms with van der Waals surface area (Å²) in [5, 5.41) is 0. The van der Waals surface area contributed by atoms with Crippen molar-refractivity contribution in [3.8, 4) is 0 Å². The van der Waals surface area contributed by atoms with E-state index in [1.165, 1.54) is 19.3 Å². The molecule has 0 heterocycles. The smallest absolute Gasteiger partial charge is 0.0340 e. The first-order chi connectivity index (χ1) is 4.52. The highest BCUT2D eigenvalue weighted by atomic mass is 14.4. The zero-order valence-corrected chi connectivity index (χ0v) is 7.78. The molecule has 0 radical (unpaired) electrons. The Morgan fingerprint density at radius 1 is 1.10 bits per heavy atom. The zero-order valence-electron chi connectivity index (χ0n) is 7.78. The molecular weight excluding hydrogens is 120 g/mol. The van der Waals surface area contributed by atoms with Crippen molar-refractivity contribution in [2.24, 2.45) is 17.3 Å². The van der Waals surface area contributed by atoms with Crippen LogP contribution in [0, 0.1) is 17.3 Å². The lowest BCUT2D eigenvalue weighted by Gasteiger charge is -2.30. The standard InChI is InChI=1S/C10H20/c1-8-6-5-7-9(8)10(2,3)4/h8-9H,5-7H2,1-4H3. The van der Waals surface area contributed by atoms with Crippen molar-refractivity contribution in [2.45, 2.75) is 47.0 Å². The van der Waals surface area contributed by atoms with Gasteiger partial charge in [0, 0.05) is 0 Å². The van der Waals surface area contributed by atoms with Crippen LogP contribution in [0.2, 0.25) is 0 Å². The van der Waals surface area contributed by atoms with Crippen LogP contribution in [0.4, 0.5) is 0 Å². The van der Waals surface area contributed by atoms with E-state index < -0.39 is 0 Å². The molecule has 0 saturated heterocycles. The average Bonchev–Trinajstić information content (AvgIpc) is 2.11. The van der Waals surface area contributed by atoms with E-state index in [2.05, 4.69) is 27.7 Å². The Labute approximate surface area is 65.0 Å². The fourth-order valence-corrected chi connectivity index (χ4v) is 2.43. The summed E-state index contributed by atoms with van der Waals surface area (Å²) in [5.74, 6) is 1.95. The molecule has 1 rings (SSSR count). The summed E-state index contributed by atoms with van der Waals surface area (Å²) in [6.45, 7) is 9.53. The van der Waals surface area contributed by atoms with Crippen LogP contribution < -0.4 is 0 Å². The molecular formula is C10H20. The minimum absolute atomic E-state index is 0.552. The zero-order chi connectivity index (χ0) is 7.78. The van der Waals surface area contributed by atoms with Gasteiger partial charge in [-0.1, -0.05) is 40.5 Å². The first kappa shape index (κ1) is 8.10. The van der Waals surface area contributed by atoms with Crippen molar-refractivity contribution in [2.75, 3.05) is 0 Å². The highest BCUT2D eigenvalue weighted by Gasteiger charge is 2.32. The molecule has 0 aromatic rings. The van der Waals surface area contributed by atoms with E-state index in [0.717, 1.165) is 11.8 Å². The van der Waals surface area contributed by atoms with Crippen LogP contribution in [-0.4, -0.2) is 0 Å². The first-order valence-corrected chi connectivity index (χ1v) is 4.52. The summed E-state index contributed by atoms with van der Waals surface area (Å²) < 4.78 is 0. The Morgan fingerprint density at radius 3 is 1.90 bits per heavy atom. The SMILES string of the molecule is CC1CCCC1C(C)(C)C. The van der Waals surface area contributed by atoms with Crippen LogP contribution in [0.15, 0.2) is 0 Å². The van der Waals surface area contributed by atoms with Gasteiger partial charge in [-0.05, 0) is 23.7 Å². The van der Waals surface area contributed by atoms with Gasteiger partial charge >= 0.3 is 0 Å². The highest BCUT2D eigenvalue weighted by Crippen LogP contribution is 2.42. The third kappa shape index (κ3) is 1.53. The summed E-state index contributed by atoms with van der Waals surface area (Å²) in [4.78, 5) is 0. The molecule has 60 valence electrons. The molecule has 0 aromatic heterocycles. The van der Waals surface area contributed by atoms with Crippen LogP contribution in [0.3, 0.4) is 0 Å². The van der Waals surface area contributed by atoms with Gasteiger partial charge in [-0.15, -0.1) is 0 Å². The summed E-state index contributed by atoms with van der Waals surface area (Å²) in [6.07, 6.45) is 4.38. The molecule has 1 aliphatic carbocycles. The fraction of sp³-hybridized carbons (Fsp3) is 1.00. The molecule has 1 fully saturated rings. The molecule has 0 nitrogen and oxygen atoms in total. The molecule has 0 spiro atoms. The van der Waals surface area contributed by atoms with Gasteiger partial charge in [-0.3, -0.25) is 0 Å². The largest absolute Gasteiger partial charge is 0.0622 e. The van der Waals surface area contributed by atoms with Crippen molar-refractivity contribution in [1.29, 1.82) is 0 Å². The number of hydrogen-bond donors (Lipinski definition) is 0. The van der Waals surface area contributed by atoms with Crippen LogP contribution >= 0.6 is 0 Å². The predicted molar refractivity (Wildman–Crippen MR) is 46.0 cm³/mol. The average molecular weight is 140 g/mol. The molecule has 0 amide bonds. The Kier molecular flexibility index (Phi) is 2.07. The topological polar surface area (TPSA) is 0 Å². The summed E-state index contributed by atoms with van der Waals surface area (Å²) in [5.41, 5.74) is 0.552. The van der Waals surface area contributed by atoms with Crippen LogP contribution in [-0.2, 0) is 0 Å². The van der Waals surface area contributed by atoms with Crippen molar-refractivity contribution >= 4 is 0 Å². The summed E-state index contributed by atoms with van der Waals surface area (Å²) in [6, 6.07) is 0. The Bertz CT molecular complexity index is 108. The van der Waals surface area contributed by atoms with E-state index in [0.29, 0.717) is 5.41 Å². The molecule has 10 heavy (non-hydrogen) atoms. The summed E-state index contributed by atoms with van der Waals surface area (Å²) in [7, 11) is 0. The van der Waals surface area contributed by atoms with Gasteiger partial charge in [0.15, 0.2) is 0 Å². The van der Waals surface area contributed by atoms with Crippen LogP contribution in [0.5, 0.6) is 0 Å². The minimum Gasteiger partial charge on any atom is -0.0622 e. The van der Waals surface area contributed by atoms with Gasteiger partial charge in [-0.2, -0.15) is 0 Å². The third-order valence-corrected chi connectivity index (χ3v) is 2.97. The third-order valence-electron chi connectivity index (χ3n) is 2.97. The number of rotatable bonds is 0. The van der Waals surface area contributed by atoms with Crippen molar-refractivity contribution < 1.29 is 0 Å². The van der Waals surface area contributed by atoms with Crippen molar-refractivity contribution in [3.63, 3.8) is 0 Å². The molecule has 1 saturated carbocycles. The molecule has 2 unspecified atom stereocenters. The molecule has 1 aliphatic rings. The molecule has 0 N–H and O–H groups in total.